The zero-order valence-electron chi connectivity index (χ0n) is 19.6. The molecule has 1 fully saturated rings. The number of pyridine rings is 3. The normalized spacial score (nSPS) is 17.1. The first kappa shape index (κ1) is 22.1. The Balaban J connectivity index is 1.17. The molecule has 2 aliphatic heterocycles. The highest BCUT2D eigenvalue weighted by Crippen LogP contribution is 2.36. The summed E-state index contributed by atoms with van der Waals surface area (Å²) in [6.07, 6.45) is 7.94. The third kappa shape index (κ3) is 4.50. The number of ether oxygens (including phenoxy) is 1. The van der Waals surface area contributed by atoms with Crippen molar-refractivity contribution in [3.8, 4) is 5.88 Å². The van der Waals surface area contributed by atoms with E-state index in [1.54, 1.807) is 6.20 Å². The molecule has 3 aromatic rings. The number of nitrogens with one attached hydrogen (secondary N) is 2. The van der Waals surface area contributed by atoms with Gasteiger partial charge in [0.1, 0.15) is 23.9 Å². The van der Waals surface area contributed by atoms with Gasteiger partial charge in [-0.2, -0.15) is 0 Å². The van der Waals surface area contributed by atoms with Crippen molar-refractivity contribution in [2.45, 2.75) is 43.7 Å². The fourth-order valence-corrected chi connectivity index (χ4v) is 6.46. The van der Waals surface area contributed by atoms with Crippen molar-refractivity contribution in [2.24, 2.45) is 0 Å². The monoisotopic (exact) mass is 492 g/mol. The van der Waals surface area contributed by atoms with Gasteiger partial charge in [-0.3, -0.25) is 0 Å². The van der Waals surface area contributed by atoms with Gasteiger partial charge in [0.05, 0.1) is 22.9 Å². The molecular weight excluding hydrogens is 464 g/mol. The maximum absolute atomic E-state index is 12.2. The second-order valence-corrected chi connectivity index (χ2v) is 11.7. The van der Waals surface area contributed by atoms with Gasteiger partial charge in [-0.1, -0.05) is 6.07 Å². The van der Waals surface area contributed by atoms with Crippen molar-refractivity contribution >= 4 is 32.8 Å². The van der Waals surface area contributed by atoms with Gasteiger partial charge in [0.2, 0.25) is 5.88 Å². The summed E-state index contributed by atoms with van der Waals surface area (Å²) < 4.78 is 30.1. The van der Waals surface area contributed by atoms with Gasteiger partial charge in [-0.05, 0) is 55.0 Å². The van der Waals surface area contributed by atoms with Crippen LogP contribution in [-0.2, 0) is 28.6 Å². The summed E-state index contributed by atoms with van der Waals surface area (Å²) in [5.41, 5.74) is 6.41. The Kier molecular flexibility index (Phi) is 5.47. The fourth-order valence-electron chi connectivity index (χ4n) is 4.73. The van der Waals surface area contributed by atoms with Crippen LogP contribution >= 0.6 is 0 Å². The summed E-state index contributed by atoms with van der Waals surface area (Å²) >= 11 is 0. The lowest BCUT2D eigenvalue weighted by Gasteiger charge is -2.33. The Morgan fingerprint density at radius 1 is 1.11 bits per heavy atom. The van der Waals surface area contributed by atoms with Crippen molar-refractivity contribution in [3.05, 3.63) is 59.0 Å². The molecule has 0 unspecified atom stereocenters. The van der Waals surface area contributed by atoms with Crippen LogP contribution < -0.4 is 20.3 Å². The minimum Gasteiger partial charge on any atom is -0.474 e. The Labute approximate surface area is 204 Å². The van der Waals surface area contributed by atoms with Crippen LogP contribution in [-0.4, -0.2) is 48.3 Å². The molecule has 0 saturated heterocycles. The summed E-state index contributed by atoms with van der Waals surface area (Å²) in [6, 6.07) is 5.69. The molecule has 6 rings (SSSR count). The maximum Gasteiger partial charge on any atom is 0.237 e. The van der Waals surface area contributed by atoms with E-state index in [-0.39, 0.29) is 11.0 Å². The molecule has 2 N–H and O–H groups in total. The van der Waals surface area contributed by atoms with Gasteiger partial charge < -0.3 is 20.3 Å². The molecule has 0 radical (unpaired) electrons. The molecule has 5 heterocycles. The van der Waals surface area contributed by atoms with E-state index < -0.39 is 9.84 Å². The fraction of sp³-hybridized carbons (Fsp3) is 0.400. The largest absolute Gasteiger partial charge is 0.474 e. The third-order valence-corrected chi connectivity index (χ3v) is 9.06. The van der Waals surface area contributed by atoms with Crippen molar-refractivity contribution in [3.63, 3.8) is 0 Å². The number of hydrogen-bond acceptors (Lipinski definition) is 9. The standard InChI is InChI=1S/C25H28N6O3S/c1-16-21(13-29-25-24(16)26-7-9-34-25)31-8-6-18-12-28-23(10-19(18)14-31)30-22-5-2-17(11-27-22)15-35(32,33)20-3-4-20/h2,5,10-13,20,26H,3-4,6-9,14-15H2,1H3,(H,27,28,30). The molecule has 0 atom stereocenters. The van der Waals surface area contributed by atoms with Crippen LogP contribution in [0, 0.1) is 6.92 Å². The average molecular weight is 493 g/mol. The van der Waals surface area contributed by atoms with E-state index >= 15 is 0 Å². The predicted octanol–water partition coefficient (Wildman–Crippen LogP) is 3.37. The number of anilines is 4. The minimum atomic E-state index is -3.05. The molecule has 35 heavy (non-hydrogen) atoms. The number of sulfone groups is 1. The van der Waals surface area contributed by atoms with Crippen LogP contribution in [0.15, 0.2) is 36.8 Å². The van der Waals surface area contributed by atoms with Gasteiger partial charge in [-0.25, -0.2) is 23.4 Å². The molecule has 1 saturated carbocycles. The third-order valence-electron chi connectivity index (χ3n) is 6.84. The van der Waals surface area contributed by atoms with Crippen LogP contribution in [0.25, 0.3) is 0 Å². The summed E-state index contributed by atoms with van der Waals surface area (Å²) in [6.45, 7) is 5.19. The lowest BCUT2D eigenvalue weighted by atomic mass is 10.0. The molecule has 3 aliphatic rings. The Morgan fingerprint density at radius 3 is 2.77 bits per heavy atom. The van der Waals surface area contributed by atoms with E-state index in [1.807, 2.05) is 24.5 Å². The molecule has 10 heteroatoms. The van der Waals surface area contributed by atoms with E-state index in [9.17, 15) is 8.42 Å². The smallest absolute Gasteiger partial charge is 0.237 e. The highest BCUT2D eigenvalue weighted by molar-refractivity contribution is 7.91. The molecule has 0 aromatic carbocycles. The minimum absolute atomic E-state index is 0.0521. The molecule has 0 spiro atoms. The predicted molar refractivity (Wildman–Crippen MR) is 135 cm³/mol. The van der Waals surface area contributed by atoms with Crippen LogP contribution in [0.3, 0.4) is 0 Å². The topological polar surface area (TPSA) is 109 Å². The summed E-state index contributed by atoms with van der Waals surface area (Å²) in [5.74, 6) is 2.08. The lowest BCUT2D eigenvalue weighted by Crippen LogP contribution is -2.32. The lowest BCUT2D eigenvalue weighted by molar-refractivity contribution is 0.310. The van der Waals surface area contributed by atoms with Crippen molar-refractivity contribution in [2.75, 3.05) is 35.2 Å². The van der Waals surface area contributed by atoms with Gasteiger partial charge in [0.15, 0.2) is 9.84 Å². The maximum atomic E-state index is 12.2. The SMILES string of the molecule is Cc1c(N2CCc3cnc(Nc4ccc(CS(=O)(=O)C5CC5)cn4)cc3C2)cnc2c1NCCO2. The van der Waals surface area contributed by atoms with Gasteiger partial charge in [0.25, 0.3) is 0 Å². The van der Waals surface area contributed by atoms with E-state index in [0.717, 1.165) is 55.8 Å². The zero-order chi connectivity index (χ0) is 24.0. The Bertz CT molecular complexity index is 1370. The quantitative estimate of drug-likeness (QED) is 0.535. The molecule has 0 amide bonds. The van der Waals surface area contributed by atoms with Crippen LogP contribution in [0.2, 0.25) is 0 Å². The zero-order valence-corrected chi connectivity index (χ0v) is 20.4. The van der Waals surface area contributed by atoms with E-state index in [4.69, 9.17) is 4.74 Å². The molecule has 9 nitrogen and oxygen atoms in total. The molecule has 3 aromatic heterocycles. The molecule has 182 valence electrons. The van der Waals surface area contributed by atoms with Crippen molar-refractivity contribution in [1.82, 2.24) is 15.0 Å². The van der Waals surface area contributed by atoms with Gasteiger partial charge >= 0.3 is 0 Å². The highest BCUT2D eigenvalue weighted by Gasteiger charge is 2.35. The summed E-state index contributed by atoms with van der Waals surface area (Å²) in [4.78, 5) is 15.9. The van der Waals surface area contributed by atoms with E-state index in [2.05, 4.69) is 43.5 Å². The number of rotatable bonds is 6. The molecular formula is C25H28N6O3S. The van der Waals surface area contributed by atoms with Gasteiger partial charge in [-0.15, -0.1) is 0 Å². The van der Waals surface area contributed by atoms with Crippen LogP contribution in [0.4, 0.5) is 23.0 Å². The van der Waals surface area contributed by atoms with E-state index in [1.165, 1.54) is 11.1 Å². The van der Waals surface area contributed by atoms with Crippen LogP contribution in [0.5, 0.6) is 5.88 Å². The first-order valence-electron chi connectivity index (χ1n) is 12.0. The summed E-state index contributed by atoms with van der Waals surface area (Å²) in [7, 11) is -3.05. The second kappa shape index (κ2) is 8.67. The first-order valence-corrected chi connectivity index (χ1v) is 13.7. The number of hydrogen-bond donors (Lipinski definition) is 2. The first-order chi connectivity index (χ1) is 17.0. The Morgan fingerprint density at radius 2 is 1.97 bits per heavy atom. The number of aromatic nitrogens is 3. The average Bonchev–Trinajstić information content (AvgIpc) is 3.72. The summed E-state index contributed by atoms with van der Waals surface area (Å²) in [5, 5.41) is 6.51. The highest BCUT2D eigenvalue weighted by atomic mass is 32.2. The second-order valence-electron chi connectivity index (χ2n) is 9.42. The van der Waals surface area contributed by atoms with Gasteiger partial charge in [0, 0.05) is 37.6 Å². The number of nitrogens with zero attached hydrogens (tertiary/aromatic N) is 4. The Hall–Kier alpha value is -3.40. The number of fused-ring (bicyclic) bond motifs is 2. The van der Waals surface area contributed by atoms with Crippen molar-refractivity contribution < 1.29 is 13.2 Å². The van der Waals surface area contributed by atoms with E-state index in [0.29, 0.717) is 29.7 Å². The molecule has 0 bridgehead atoms. The molecule has 1 aliphatic carbocycles. The van der Waals surface area contributed by atoms with Crippen LogP contribution in [0.1, 0.15) is 35.1 Å². The van der Waals surface area contributed by atoms with Crippen molar-refractivity contribution in [1.29, 1.82) is 0 Å².